The first-order valence-electron chi connectivity index (χ1n) is 5.95. The summed E-state index contributed by atoms with van der Waals surface area (Å²) in [6, 6.07) is 6.08. The van der Waals surface area contributed by atoms with Crippen molar-refractivity contribution in [1.82, 2.24) is 15.1 Å². The highest BCUT2D eigenvalue weighted by Gasteiger charge is 2.06. The van der Waals surface area contributed by atoms with E-state index in [4.69, 9.17) is 0 Å². The molecule has 2 aromatic heterocycles. The molecule has 4 nitrogen and oxygen atoms in total. The van der Waals surface area contributed by atoms with Gasteiger partial charge in [-0.3, -0.25) is 9.48 Å². The molecule has 0 unspecified atom stereocenters. The van der Waals surface area contributed by atoms with Gasteiger partial charge in [0.05, 0.1) is 5.69 Å². The van der Waals surface area contributed by atoms with E-state index in [0.29, 0.717) is 13.1 Å². The van der Waals surface area contributed by atoms with Gasteiger partial charge >= 0.3 is 0 Å². The van der Waals surface area contributed by atoms with Gasteiger partial charge in [-0.05, 0) is 37.8 Å². The van der Waals surface area contributed by atoms with Crippen LogP contribution in [0.2, 0.25) is 0 Å². The third kappa shape index (κ3) is 3.43. The minimum atomic E-state index is 0.0118. The van der Waals surface area contributed by atoms with Gasteiger partial charge in [-0.25, -0.2) is 0 Å². The van der Waals surface area contributed by atoms with Gasteiger partial charge in [0.25, 0.3) is 0 Å². The fourth-order valence-electron chi connectivity index (χ4n) is 1.81. The molecule has 2 rings (SSSR count). The molecule has 2 heterocycles. The third-order valence-corrected chi connectivity index (χ3v) is 3.61. The number of hydrogen-bond acceptors (Lipinski definition) is 3. The molecular formula is C13H17N3OS. The summed E-state index contributed by atoms with van der Waals surface area (Å²) in [5.41, 5.74) is 1.96. The van der Waals surface area contributed by atoms with Crippen LogP contribution < -0.4 is 5.32 Å². The number of nitrogens with one attached hydrogen (secondary N) is 1. The summed E-state index contributed by atoms with van der Waals surface area (Å²) in [6.45, 7) is 4.86. The van der Waals surface area contributed by atoms with Crippen LogP contribution in [0.25, 0.3) is 0 Å². The Morgan fingerprint density at radius 3 is 2.94 bits per heavy atom. The number of carbonyl (C=O) groups excluding carboxylic acids is 1. The maximum Gasteiger partial charge on any atom is 0.241 e. The average Bonchev–Trinajstić information content (AvgIpc) is 2.90. The van der Waals surface area contributed by atoms with E-state index in [0.717, 1.165) is 17.8 Å². The molecule has 0 aliphatic carbocycles. The van der Waals surface area contributed by atoms with E-state index in [2.05, 4.69) is 16.5 Å². The van der Waals surface area contributed by atoms with Crippen LogP contribution in [0.1, 0.15) is 16.3 Å². The Bertz CT molecular complexity index is 516. The lowest BCUT2D eigenvalue weighted by molar-refractivity contribution is -0.121. The van der Waals surface area contributed by atoms with Gasteiger partial charge < -0.3 is 5.32 Å². The number of rotatable bonds is 5. The Kier molecular flexibility index (Phi) is 4.15. The summed E-state index contributed by atoms with van der Waals surface area (Å²) in [6.07, 6.45) is 0.889. The molecule has 0 bridgehead atoms. The highest BCUT2D eigenvalue weighted by atomic mass is 32.1. The van der Waals surface area contributed by atoms with Crippen LogP contribution in [0.15, 0.2) is 23.6 Å². The van der Waals surface area contributed by atoms with Crippen molar-refractivity contribution in [2.75, 3.05) is 6.54 Å². The van der Waals surface area contributed by atoms with Gasteiger partial charge in [-0.1, -0.05) is 6.07 Å². The topological polar surface area (TPSA) is 46.9 Å². The second-order valence-corrected chi connectivity index (χ2v) is 5.30. The number of carbonyl (C=O) groups is 1. The van der Waals surface area contributed by atoms with E-state index < -0.39 is 0 Å². The van der Waals surface area contributed by atoms with E-state index >= 15 is 0 Å². The van der Waals surface area contributed by atoms with E-state index in [9.17, 15) is 4.79 Å². The Morgan fingerprint density at radius 2 is 2.33 bits per heavy atom. The zero-order chi connectivity index (χ0) is 13.0. The van der Waals surface area contributed by atoms with Crippen molar-refractivity contribution in [2.24, 2.45) is 0 Å². The third-order valence-electron chi connectivity index (χ3n) is 2.67. The summed E-state index contributed by atoms with van der Waals surface area (Å²) in [4.78, 5) is 13.0. The molecule has 0 aromatic carbocycles. The molecular weight excluding hydrogens is 246 g/mol. The number of amides is 1. The fraction of sp³-hybridized carbons (Fsp3) is 0.385. The largest absolute Gasteiger partial charge is 0.354 e. The maximum atomic E-state index is 11.7. The number of aromatic nitrogens is 2. The SMILES string of the molecule is Cc1cc(C)n(CC(=O)NCCc2cccs2)n1. The monoisotopic (exact) mass is 263 g/mol. The summed E-state index contributed by atoms with van der Waals surface area (Å²) in [5, 5.41) is 9.23. The van der Waals surface area contributed by atoms with Gasteiger partial charge in [0.1, 0.15) is 6.54 Å². The summed E-state index contributed by atoms with van der Waals surface area (Å²) < 4.78 is 1.73. The highest BCUT2D eigenvalue weighted by Crippen LogP contribution is 2.08. The normalized spacial score (nSPS) is 10.6. The molecule has 96 valence electrons. The van der Waals surface area contributed by atoms with Crippen LogP contribution in [-0.4, -0.2) is 22.2 Å². The van der Waals surface area contributed by atoms with Crippen LogP contribution in [0.5, 0.6) is 0 Å². The first kappa shape index (κ1) is 12.8. The van der Waals surface area contributed by atoms with Crippen LogP contribution in [0, 0.1) is 13.8 Å². The molecule has 0 aliphatic rings. The zero-order valence-corrected chi connectivity index (χ0v) is 11.5. The molecule has 1 amide bonds. The molecule has 2 aromatic rings. The second kappa shape index (κ2) is 5.82. The zero-order valence-electron chi connectivity index (χ0n) is 10.6. The predicted octanol–water partition coefficient (Wildman–Crippen LogP) is 1.92. The van der Waals surface area contributed by atoms with Crippen LogP contribution in [-0.2, 0) is 17.8 Å². The molecule has 0 fully saturated rings. The maximum absolute atomic E-state index is 11.7. The Labute approximate surface area is 111 Å². The molecule has 0 atom stereocenters. The van der Waals surface area contributed by atoms with Gasteiger partial charge in [0.2, 0.25) is 5.91 Å². The minimum Gasteiger partial charge on any atom is -0.354 e. The smallest absolute Gasteiger partial charge is 0.241 e. The standard InChI is InChI=1S/C13H17N3OS/c1-10-8-11(2)16(15-10)9-13(17)14-6-5-12-4-3-7-18-12/h3-4,7-8H,5-6,9H2,1-2H3,(H,14,17). The Hall–Kier alpha value is -1.62. The van der Waals surface area contributed by atoms with E-state index in [1.54, 1.807) is 16.0 Å². The first-order valence-corrected chi connectivity index (χ1v) is 6.83. The average molecular weight is 263 g/mol. The molecule has 18 heavy (non-hydrogen) atoms. The molecule has 0 spiro atoms. The van der Waals surface area contributed by atoms with Crippen molar-refractivity contribution < 1.29 is 4.79 Å². The molecule has 0 radical (unpaired) electrons. The Morgan fingerprint density at radius 1 is 1.50 bits per heavy atom. The molecule has 5 heteroatoms. The predicted molar refractivity (Wildman–Crippen MR) is 72.7 cm³/mol. The molecule has 0 saturated carbocycles. The number of nitrogens with zero attached hydrogens (tertiary/aromatic N) is 2. The summed E-state index contributed by atoms with van der Waals surface area (Å²) in [5.74, 6) is 0.0118. The van der Waals surface area contributed by atoms with E-state index in [1.165, 1.54) is 4.88 Å². The van der Waals surface area contributed by atoms with Crippen LogP contribution in [0.3, 0.4) is 0 Å². The second-order valence-electron chi connectivity index (χ2n) is 4.26. The molecule has 0 saturated heterocycles. The van der Waals surface area contributed by atoms with Crippen molar-refractivity contribution in [3.63, 3.8) is 0 Å². The first-order chi connectivity index (χ1) is 8.65. The van der Waals surface area contributed by atoms with Crippen LogP contribution in [0.4, 0.5) is 0 Å². The lowest BCUT2D eigenvalue weighted by Gasteiger charge is -2.06. The van der Waals surface area contributed by atoms with E-state index in [1.807, 2.05) is 31.4 Å². The van der Waals surface area contributed by atoms with Gasteiger partial charge in [-0.2, -0.15) is 5.10 Å². The molecule has 1 N–H and O–H groups in total. The summed E-state index contributed by atoms with van der Waals surface area (Å²) in [7, 11) is 0. The van der Waals surface area contributed by atoms with Crippen molar-refractivity contribution >= 4 is 17.2 Å². The van der Waals surface area contributed by atoms with E-state index in [-0.39, 0.29) is 5.91 Å². The number of thiophene rings is 1. The lowest BCUT2D eigenvalue weighted by atomic mass is 10.3. The lowest BCUT2D eigenvalue weighted by Crippen LogP contribution is -2.30. The fourth-order valence-corrected chi connectivity index (χ4v) is 2.52. The van der Waals surface area contributed by atoms with Crippen molar-refractivity contribution in [2.45, 2.75) is 26.8 Å². The van der Waals surface area contributed by atoms with Gasteiger partial charge in [-0.15, -0.1) is 11.3 Å². The van der Waals surface area contributed by atoms with Crippen LogP contribution >= 0.6 is 11.3 Å². The highest BCUT2D eigenvalue weighted by molar-refractivity contribution is 7.09. The molecule has 0 aliphatic heterocycles. The quantitative estimate of drug-likeness (QED) is 0.896. The summed E-state index contributed by atoms with van der Waals surface area (Å²) >= 11 is 1.72. The minimum absolute atomic E-state index is 0.0118. The Balaban J connectivity index is 1.77. The van der Waals surface area contributed by atoms with Gasteiger partial charge in [0, 0.05) is 17.1 Å². The number of aryl methyl sites for hydroxylation is 2. The van der Waals surface area contributed by atoms with Gasteiger partial charge in [0.15, 0.2) is 0 Å². The van der Waals surface area contributed by atoms with Crippen molar-refractivity contribution in [3.8, 4) is 0 Å². The van der Waals surface area contributed by atoms with Crippen molar-refractivity contribution in [3.05, 3.63) is 39.8 Å². The number of hydrogen-bond donors (Lipinski definition) is 1. The van der Waals surface area contributed by atoms with Crippen molar-refractivity contribution in [1.29, 1.82) is 0 Å².